The average molecular weight is 441 g/mol. The minimum atomic E-state index is -2.57. The maximum absolute atomic E-state index is 14.0. The van der Waals surface area contributed by atoms with Crippen LogP contribution in [0.5, 0.6) is 17.2 Å². The standard InChI is InChI=1S/C27H30F2O3/c1-3-4-17-31-23-15-13-22(14-16-23)27(2,26(28)29)20-30-19-21-9-8-12-25(18-21)32-24-10-6-5-7-11-24/h5-16,18,26H,3-4,17,19-20H2,1-2H3. The number of benzene rings is 3. The van der Waals surface area contributed by atoms with E-state index in [2.05, 4.69) is 6.92 Å². The third kappa shape index (κ3) is 6.54. The van der Waals surface area contributed by atoms with Crippen molar-refractivity contribution in [3.63, 3.8) is 0 Å². The Labute approximate surface area is 189 Å². The van der Waals surface area contributed by atoms with Gasteiger partial charge in [0.15, 0.2) is 0 Å². The van der Waals surface area contributed by atoms with Gasteiger partial charge in [0, 0.05) is 0 Å². The van der Waals surface area contributed by atoms with Crippen molar-refractivity contribution in [1.29, 1.82) is 0 Å². The second-order valence-corrected chi connectivity index (χ2v) is 8.00. The SMILES string of the molecule is CCCCOc1ccc(C(C)(COCc2cccc(Oc3ccccc3)c2)C(F)F)cc1. The normalized spacial score (nSPS) is 13.0. The molecular formula is C27H30F2O3. The highest BCUT2D eigenvalue weighted by Gasteiger charge is 2.37. The molecule has 3 aromatic rings. The number of hydrogen-bond acceptors (Lipinski definition) is 3. The molecule has 0 bridgehead atoms. The van der Waals surface area contributed by atoms with Crippen LogP contribution in [0.3, 0.4) is 0 Å². The van der Waals surface area contributed by atoms with Crippen LogP contribution in [0.2, 0.25) is 0 Å². The zero-order valence-electron chi connectivity index (χ0n) is 18.6. The minimum Gasteiger partial charge on any atom is -0.494 e. The molecule has 0 aliphatic rings. The fourth-order valence-electron chi connectivity index (χ4n) is 3.24. The molecule has 0 amide bonds. The molecule has 0 fully saturated rings. The Hall–Kier alpha value is -2.92. The lowest BCUT2D eigenvalue weighted by Crippen LogP contribution is -2.36. The van der Waals surface area contributed by atoms with Crippen LogP contribution in [-0.2, 0) is 16.8 Å². The summed E-state index contributed by atoms with van der Waals surface area (Å²) in [6, 6.07) is 23.8. The van der Waals surface area contributed by atoms with E-state index in [0.717, 1.165) is 24.2 Å². The Balaban J connectivity index is 1.60. The summed E-state index contributed by atoms with van der Waals surface area (Å²) in [5.74, 6) is 2.10. The van der Waals surface area contributed by atoms with Crippen molar-refractivity contribution in [1.82, 2.24) is 0 Å². The summed E-state index contributed by atoms with van der Waals surface area (Å²) >= 11 is 0. The monoisotopic (exact) mass is 440 g/mol. The number of para-hydroxylation sites is 1. The minimum absolute atomic E-state index is 0.107. The van der Waals surface area contributed by atoms with Gasteiger partial charge in [-0.25, -0.2) is 8.78 Å². The second-order valence-electron chi connectivity index (χ2n) is 8.00. The summed E-state index contributed by atoms with van der Waals surface area (Å²) < 4.78 is 45.3. The molecule has 0 spiro atoms. The number of ether oxygens (including phenoxy) is 3. The van der Waals surface area contributed by atoms with Crippen LogP contribution in [0.25, 0.3) is 0 Å². The molecule has 0 saturated carbocycles. The van der Waals surface area contributed by atoms with Crippen LogP contribution in [0.15, 0.2) is 78.9 Å². The second kappa shape index (κ2) is 11.6. The lowest BCUT2D eigenvalue weighted by Gasteiger charge is -2.29. The zero-order valence-corrected chi connectivity index (χ0v) is 18.6. The van der Waals surface area contributed by atoms with E-state index in [1.165, 1.54) is 6.92 Å². The lowest BCUT2D eigenvalue weighted by atomic mass is 9.83. The molecular weight excluding hydrogens is 410 g/mol. The topological polar surface area (TPSA) is 27.7 Å². The first-order valence-corrected chi connectivity index (χ1v) is 10.9. The van der Waals surface area contributed by atoms with E-state index in [9.17, 15) is 8.78 Å². The van der Waals surface area contributed by atoms with E-state index >= 15 is 0 Å². The van der Waals surface area contributed by atoms with Crippen LogP contribution in [0, 0.1) is 0 Å². The first kappa shape index (κ1) is 23.7. The van der Waals surface area contributed by atoms with Crippen LogP contribution in [0.1, 0.15) is 37.8 Å². The van der Waals surface area contributed by atoms with E-state index in [1.807, 2.05) is 54.6 Å². The number of alkyl halides is 2. The van der Waals surface area contributed by atoms with E-state index in [4.69, 9.17) is 14.2 Å². The molecule has 0 saturated heterocycles. The number of halogens is 2. The van der Waals surface area contributed by atoms with Gasteiger partial charge in [0.05, 0.1) is 25.2 Å². The van der Waals surface area contributed by atoms with Gasteiger partial charge in [-0.2, -0.15) is 0 Å². The predicted octanol–water partition coefficient (Wildman–Crippen LogP) is 7.40. The maximum Gasteiger partial charge on any atom is 0.250 e. The van der Waals surface area contributed by atoms with Crippen LogP contribution < -0.4 is 9.47 Å². The number of unbranched alkanes of at least 4 members (excludes halogenated alkanes) is 1. The highest BCUT2D eigenvalue weighted by atomic mass is 19.3. The molecule has 3 aromatic carbocycles. The van der Waals surface area contributed by atoms with Crippen molar-refractivity contribution >= 4 is 0 Å². The highest BCUT2D eigenvalue weighted by Crippen LogP contribution is 2.33. The van der Waals surface area contributed by atoms with Gasteiger partial charge in [0.2, 0.25) is 6.43 Å². The van der Waals surface area contributed by atoms with Gasteiger partial charge in [-0.3, -0.25) is 0 Å². The van der Waals surface area contributed by atoms with Crippen molar-refractivity contribution in [2.45, 2.75) is 45.1 Å². The van der Waals surface area contributed by atoms with Crippen molar-refractivity contribution in [2.75, 3.05) is 13.2 Å². The summed E-state index contributed by atoms with van der Waals surface area (Å²) in [5.41, 5.74) is -0.0358. The largest absolute Gasteiger partial charge is 0.494 e. The summed E-state index contributed by atoms with van der Waals surface area (Å²) in [7, 11) is 0. The van der Waals surface area contributed by atoms with Crippen molar-refractivity contribution in [2.24, 2.45) is 0 Å². The molecule has 0 aromatic heterocycles. The molecule has 170 valence electrons. The Morgan fingerprint density at radius 3 is 2.25 bits per heavy atom. The zero-order chi connectivity index (χ0) is 22.8. The molecule has 0 N–H and O–H groups in total. The number of hydrogen-bond donors (Lipinski definition) is 0. The lowest BCUT2D eigenvalue weighted by molar-refractivity contribution is -0.0128. The van der Waals surface area contributed by atoms with Gasteiger partial charge in [-0.15, -0.1) is 0 Å². The van der Waals surface area contributed by atoms with E-state index in [1.54, 1.807) is 24.3 Å². The Bertz CT molecular complexity index is 945. The summed E-state index contributed by atoms with van der Waals surface area (Å²) in [6.07, 6.45) is -0.565. The van der Waals surface area contributed by atoms with Gasteiger partial charge in [-0.05, 0) is 60.9 Å². The van der Waals surface area contributed by atoms with E-state index in [-0.39, 0.29) is 13.2 Å². The molecule has 0 heterocycles. The van der Waals surface area contributed by atoms with Gasteiger partial charge >= 0.3 is 0 Å². The van der Waals surface area contributed by atoms with Crippen LogP contribution in [-0.4, -0.2) is 19.6 Å². The summed E-state index contributed by atoms with van der Waals surface area (Å²) in [6.45, 7) is 4.35. The van der Waals surface area contributed by atoms with Gasteiger partial charge in [0.1, 0.15) is 17.2 Å². The quantitative estimate of drug-likeness (QED) is 0.275. The maximum atomic E-state index is 14.0. The van der Waals surface area contributed by atoms with Crippen molar-refractivity contribution in [3.8, 4) is 17.2 Å². The molecule has 0 aliphatic carbocycles. The molecule has 0 radical (unpaired) electrons. The first-order chi connectivity index (χ1) is 15.5. The van der Waals surface area contributed by atoms with E-state index in [0.29, 0.717) is 23.7 Å². The molecule has 5 heteroatoms. The molecule has 3 nitrogen and oxygen atoms in total. The van der Waals surface area contributed by atoms with Gasteiger partial charge in [0.25, 0.3) is 0 Å². The fourth-order valence-corrected chi connectivity index (χ4v) is 3.24. The van der Waals surface area contributed by atoms with Crippen LogP contribution >= 0.6 is 0 Å². The fraction of sp³-hybridized carbons (Fsp3) is 0.333. The summed E-state index contributed by atoms with van der Waals surface area (Å²) in [5, 5.41) is 0. The first-order valence-electron chi connectivity index (χ1n) is 10.9. The summed E-state index contributed by atoms with van der Waals surface area (Å²) in [4.78, 5) is 0. The molecule has 0 aliphatic heterocycles. The van der Waals surface area contributed by atoms with Crippen LogP contribution in [0.4, 0.5) is 8.78 Å². The van der Waals surface area contributed by atoms with Crippen molar-refractivity contribution in [3.05, 3.63) is 90.0 Å². The molecule has 1 atom stereocenters. The molecule has 1 unspecified atom stereocenters. The Morgan fingerprint density at radius 2 is 1.56 bits per heavy atom. The van der Waals surface area contributed by atoms with Gasteiger partial charge < -0.3 is 14.2 Å². The third-order valence-electron chi connectivity index (χ3n) is 5.31. The number of rotatable bonds is 12. The smallest absolute Gasteiger partial charge is 0.250 e. The third-order valence-corrected chi connectivity index (χ3v) is 5.31. The van der Waals surface area contributed by atoms with Gasteiger partial charge in [-0.1, -0.05) is 55.8 Å². The highest BCUT2D eigenvalue weighted by molar-refractivity contribution is 5.34. The molecule has 32 heavy (non-hydrogen) atoms. The molecule has 3 rings (SSSR count). The van der Waals surface area contributed by atoms with E-state index < -0.39 is 11.8 Å². The van der Waals surface area contributed by atoms with Crippen molar-refractivity contribution < 1.29 is 23.0 Å². The predicted molar refractivity (Wildman–Crippen MR) is 123 cm³/mol. The Kier molecular flexibility index (Phi) is 8.63. The average Bonchev–Trinajstić information content (AvgIpc) is 2.80. The Morgan fingerprint density at radius 1 is 0.844 bits per heavy atom.